The molecule has 0 bridgehead atoms. The highest BCUT2D eigenvalue weighted by Gasteiger charge is 2.29. The van der Waals surface area contributed by atoms with E-state index in [1.54, 1.807) is 0 Å². The highest BCUT2D eigenvalue weighted by Crippen LogP contribution is 2.55. The van der Waals surface area contributed by atoms with Crippen LogP contribution in [-0.4, -0.2) is 4.98 Å². The van der Waals surface area contributed by atoms with E-state index in [0.29, 0.717) is 0 Å². The Labute approximate surface area is 315 Å². The molecular weight excluding hydrogens is 653 g/mol. The molecule has 0 radical (unpaired) electrons. The van der Waals surface area contributed by atoms with E-state index in [1.807, 2.05) is 0 Å². The first-order valence-electron chi connectivity index (χ1n) is 18.5. The van der Waals surface area contributed by atoms with Crippen LogP contribution < -0.4 is 4.90 Å². The van der Waals surface area contributed by atoms with Gasteiger partial charge in [-0.3, -0.25) is 0 Å². The fraction of sp³-hybridized carbons (Fsp3) is 0. The summed E-state index contributed by atoms with van der Waals surface area (Å²) < 4.78 is 0. The second-order valence-corrected chi connectivity index (χ2v) is 13.7. The van der Waals surface area contributed by atoms with Crippen molar-refractivity contribution in [3.63, 3.8) is 0 Å². The lowest BCUT2D eigenvalue weighted by Gasteiger charge is -2.33. The molecule has 2 nitrogen and oxygen atoms in total. The van der Waals surface area contributed by atoms with E-state index in [9.17, 15) is 0 Å². The van der Waals surface area contributed by atoms with Crippen LogP contribution >= 0.6 is 0 Å². The highest BCUT2D eigenvalue weighted by molar-refractivity contribution is 6.18. The van der Waals surface area contributed by atoms with Crippen LogP contribution in [-0.2, 0) is 0 Å². The topological polar surface area (TPSA) is 19.0 Å². The molecule has 1 aromatic heterocycles. The summed E-state index contributed by atoms with van der Waals surface area (Å²) >= 11 is 0. The van der Waals surface area contributed by atoms with Crippen molar-refractivity contribution in [3.05, 3.63) is 212 Å². The average molecular weight is 689 g/mol. The number of hydrogen-bond acceptors (Lipinski definition) is 1. The number of aromatic amines is 1. The molecule has 1 heterocycles. The minimum atomic E-state index is 1.09. The van der Waals surface area contributed by atoms with Crippen LogP contribution in [0.2, 0.25) is 0 Å². The van der Waals surface area contributed by atoms with Crippen LogP contribution in [0.25, 0.3) is 77.1 Å². The first-order valence-corrected chi connectivity index (χ1v) is 18.5. The number of anilines is 3. The molecule has 54 heavy (non-hydrogen) atoms. The summed E-state index contributed by atoms with van der Waals surface area (Å²) in [7, 11) is 0. The Morgan fingerprint density at radius 3 is 1.61 bits per heavy atom. The minimum Gasteiger partial charge on any atom is -0.354 e. The number of fused-ring (bicyclic) bond motifs is 4. The summed E-state index contributed by atoms with van der Waals surface area (Å²) in [6, 6.07) is 76.8. The van der Waals surface area contributed by atoms with Gasteiger partial charge in [-0.15, -0.1) is 0 Å². The second kappa shape index (κ2) is 13.4. The van der Waals surface area contributed by atoms with Gasteiger partial charge in [0.1, 0.15) is 0 Å². The molecule has 0 spiro atoms. The molecule has 0 saturated heterocycles. The summed E-state index contributed by atoms with van der Waals surface area (Å²) in [5.74, 6) is 0. The molecule has 0 aliphatic carbocycles. The lowest BCUT2D eigenvalue weighted by atomic mass is 9.82. The quantitative estimate of drug-likeness (QED) is 0.177. The molecule has 10 rings (SSSR count). The average Bonchev–Trinajstić information content (AvgIpc) is 3.64. The summed E-state index contributed by atoms with van der Waals surface area (Å²) in [5.41, 5.74) is 14.9. The predicted octanol–water partition coefficient (Wildman–Crippen LogP) is 14.6. The Kier molecular flexibility index (Phi) is 7.85. The predicted molar refractivity (Wildman–Crippen MR) is 230 cm³/mol. The summed E-state index contributed by atoms with van der Waals surface area (Å²) in [6.07, 6.45) is 0. The molecule has 0 atom stereocenters. The smallest absolute Gasteiger partial charge is 0.0626 e. The number of rotatable bonds is 7. The van der Waals surface area contributed by atoms with Gasteiger partial charge in [0.05, 0.1) is 16.9 Å². The van der Waals surface area contributed by atoms with Gasteiger partial charge in [-0.25, -0.2) is 0 Å². The maximum Gasteiger partial charge on any atom is 0.0626 e. The molecule has 1 N–H and O–H groups in total. The summed E-state index contributed by atoms with van der Waals surface area (Å²) in [4.78, 5) is 6.40. The SMILES string of the molecule is c1ccc(-c2cc(-c3ccccc3)c(N(c3ccccc3)c3cccc4ccccc34)c(-c3cccc4c3[nH]c3ccccc34)c2-c2ccccc2)cc1. The second-order valence-electron chi connectivity index (χ2n) is 13.7. The standard InChI is InChI=1S/C52H36N2/c1-5-19-37(20-6-1)45-35-46(38-21-7-2-8-22-38)52(54(40-27-11-4-12-28-40)48-34-17-26-36-23-13-14-29-41(36)48)50(49(45)39-24-9-3-10-25-39)44-32-18-31-43-42-30-15-16-33-47(42)53-51(43)44/h1-35,53H. The number of nitrogens with zero attached hydrogens (tertiary/aromatic N) is 1. The van der Waals surface area contributed by atoms with Gasteiger partial charge in [-0.1, -0.05) is 182 Å². The molecule has 0 unspecified atom stereocenters. The van der Waals surface area contributed by atoms with Gasteiger partial charge in [0.25, 0.3) is 0 Å². The van der Waals surface area contributed by atoms with E-state index in [4.69, 9.17) is 0 Å². The van der Waals surface area contributed by atoms with Crippen molar-refractivity contribution in [1.82, 2.24) is 4.98 Å². The number of H-pyrrole nitrogens is 1. The van der Waals surface area contributed by atoms with E-state index in [-0.39, 0.29) is 0 Å². The first-order chi connectivity index (χ1) is 26.8. The monoisotopic (exact) mass is 688 g/mol. The Morgan fingerprint density at radius 1 is 0.352 bits per heavy atom. The lowest BCUT2D eigenvalue weighted by Crippen LogP contribution is -2.14. The van der Waals surface area contributed by atoms with Crippen molar-refractivity contribution in [3.8, 4) is 44.5 Å². The Bertz CT molecular complexity index is 2910. The number of benzene rings is 9. The zero-order chi connectivity index (χ0) is 35.8. The van der Waals surface area contributed by atoms with E-state index < -0.39 is 0 Å². The molecule has 254 valence electrons. The molecule has 10 aromatic rings. The summed E-state index contributed by atoms with van der Waals surface area (Å²) in [5, 5.41) is 4.80. The Hall–Kier alpha value is -7.16. The largest absolute Gasteiger partial charge is 0.354 e. The molecule has 0 fully saturated rings. The van der Waals surface area contributed by atoms with Crippen molar-refractivity contribution >= 4 is 49.6 Å². The molecule has 0 aliphatic heterocycles. The van der Waals surface area contributed by atoms with Crippen LogP contribution in [0.5, 0.6) is 0 Å². The minimum absolute atomic E-state index is 1.09. The maximum absolute atomic E-state index is 3.90. The number of hydrogen-bond donors (Lipinski definition) is 1. The maximum atomic E-state index is 3.90. The van der Waals surface area contributed by atoms with Crippen molar-refractivity contribution < 1.29 is 0 Å². The van der Waals surface area contributed by atoms with Crippen molar-refractivity contribution in [1.29, 1.82) is 0 Å². The van der Waals surface area contributed by atoms with Gasteiger partial charge < -0.3 is 9.88 Å². The van der Waals surface area contributed by atoms with Gasteiger partial charge in [-0.2, -0.15) is 0 Å². The normalized spacial score (nSPS) is 11.3. The van der Waals surface area contributed by atoms with E-state index >= 15 is 0 Å². The first kappa shape index (κ1) is 31.6. The molecule has 2 heteroatoms. The van der Waals surface area contributed by atoms with Crippen molar-refractivity contribution in [2.45, 2.75) is 0 Å². The molecule has 9 aromatic carbocycles. The molecular formula is C52H36N2. The number of aromatic nitrogens is 1. The van der Waals surface area contributed by atoms with Crippen LogP contribution in [0.4, 0.5) is 17.1 Å². The van der Waals surface area contributed by atoms with Crippen LogP contribution in [0, 0.1) is 0 Å². The lowest BCUT2D eigenvalue weighted by molar-refractivity contribution is 1.30. The molecule has 0 amide bonds. The summed E-state index contributed by atoms with van der Waals surface area (Å²) in [6.45, 7) is 0. The van der Waals surface area contributed by atoms with E-state index in [1.165, 1.54) is 38.2 Å². The third-order valence-corrected chi connectivity index (χ3v) is 10.6. The van der Waals surface area contributed by atoms with Gasteiger partial charge >= 0.3 is 0 Å². The number of nitrogens with one attached hydrogen (secondary N) is 1. The third kappa shape index (κ3) is 5.36. The van der Waals surface area contributed by atoms with Crippen LogP contribution in [0.15, 0.2) is 212 Å². The van der Waals surface area contributed by atoms with Gasteiger partial charge in [-0.05, 0) is 63.5 Å². The fourth-order valence-corrected chi connectivity index (χ4v) is 8.21. The zero-order valence-corrected chi connectivity index (χ0v) is 29.7. The van der Waals surface area contributed by atoms with Crippen LogP contribution in [0.3, 0.4) is 0 Å². The Morgan fingerprint density at radius 2 is 0.889 bits per heavy atom. The van der Waals surface area contributed by atoms with Gasteiger partial charge in [0, 0.05) is 44.1 Å². The molecule has 0 aliphatic rings. The fourth-order valence-electron chi connectivity index (χ4n) is 8.21. The Balaban J connectivity index is 1.47. The van der Waals surface area contributed by atoms with Crippen LogP contribution in [0.1, 0.15) is 0 Å². The van der Waals surface area contributed by atoms with Gasteiger partial charge in [0.15, 0.2) is 0 Å². The number of para-hydroxylation sites is 3. The van der Waals surface area contributed by atoms with Crippen molar-refractivity contribution in [2.24, 2.45) is 0 Å². The van der Waals surface area contributed by atoms with E-state index in [2.05, 4.69) is 222 Å². The molecule has 0 saturated carbocycles. The van der Waals surface area contributed by atoms with Gasteiger partial charge in [0.2, 0.25) is 0 Å². The zero-order valence-electron chi connectivity index (χ0n) is 29.7. The highest BCUT2D eigenvalue weighted by atomic mass is 15.1. The van der Waals surface area contributed by atoms with Crippen molar-refractivity contribution in [2.75, 3.05) is 4.90 Å². The third-order valence-electron chi connectivity index (χ3n) is 10.6. The van der Waals surface area contributed by atoms with E-state index in [0.717, 1.165) is 55.9 Å².